The van der Waals surface area contributed by atoms with E-state index in [0.717, 1.165) is 24.8 Å². The van der Waals surface area contributed by atoms with Gasteiger partial charge in [-0.1, -0.05) is 31.2 Å². The summed E-state index contributed by atoms with van der Waals surface area (Å²) < 4.78 is 20.2. The van der Waals surface area contributed by atoms with Gasteiger partial charge in [-0.25, -0.2) is 4.39 Å². The number of aliphatic hydroxyl groups is 1. The number of hydrogen-bond acceptors (Lipinski definition) is 6. The Bertz CT molecular complexity index is 1220. The first kappa shape index (κ1) is 29.5. The number of nitrogens with one attached hydrogen (secondary N) is 3. The van der Waals surface area contributed by atoms with Crippen LogP contribution in [0.5, 0.6) is 5.75 Å². The Labute approximate surface area is 234 Å². The van der Waals surface area contributed by atoms with Crippen LogP contribution in [-0.2, 0) is 32.8 Å². The Kier molecular flexibility index (Phi) is 9.76. The van der Waals surface area contributed by atoms with Gasteiger partial charge < -0.3 is 31.5 Å². The summed E-state index contributed by atoms with van der Waals surface area (Å²) in [4.78, 5) is 37.4. The van der Waals surface area contributed by atoms with E-state index >= 15 is 0 Å². The number of aliphatic hydroxyl groups excluding tert-OH is 1. The molecule has 1 heterocycles. The third kappa shape index (κ3) is 8.02. The van der Waals surface area contributed by atoms with Crippen molar-refractivity contribution in [1.82, 2.24) is 16.0 Å². The first-order valence-electron chi connectivity index (χ1n) is 14.0. The molecule has 216 valence electrons. The van der Waals surface area contributed by atoms with E-state index in [-0.39, 0.29) is 38.0 Å². The molecule has 2 aromatic rings. The van der Waals surface area contributed by atoms with Gasteiger partial charge >= 0.3 is 0 Å². The normalized spacial score (nSPS) is 22.1. The summed E-state index contributed by atoms with van der Waals surface area (Å²) in [7, 11) is 0. The van der Waals surface area contributed by atoms with Crippen LogP contribution in [-0.4, -0.2) is 54.2 Å². The van der Waals surface area contributed by atoms with Crippen LogP contribution in [0.1, 0.15) is 62.1 Å². The molecule has 40 heavy (non-hydrogen) atoms. The number of hydrogen-bond donors (Lipinski definition) is 5. The highest BCUT2D eigenvalue weighted by Crippen LogP contribution is 2.45. The molecule has 1 aliphatic carbocycles. The fourth-order valence-electron chi connectivity index (χ4n) is 5.12. The Morgan fingerprint density at radius 3 is 2.73 bits per heavy atom. The van der Waals surface area contributed by atoms with Crippen molar-refractivity contribution in [2.45, 2.75) is 82.0 Å². The fourth-order valence-corrected chi connectivity index (χ4v) is 5.12. The number of rotatable bonds is 8. The van der Waals surface area contributed by atoms with Gasteiger partial charge in [0.15, 0.2) is 0 Å². The Morgan fingerprint density at radius 2 is 2.00 bits per heavy atom. The lowest BCUT2D eigenvalue weighted by atomic mass is 9.98. The average molecular weight is 555 g/mol. The van der Waals surface area contributed by atoms with E-state index in [9.17, 15) is 23.9 Å². The van der Waals surface area contributed by atoms with Crippen molar-refractivity contribution >= 4 is 17.7 Å². The van der Waals surface area contributed by atoms with Crippen molar-refractivity contribution in [3.8, 4) is 5.75 Å². The number of amides is 3. The number of halogens is 1. The summed E-state index contributed by atoms with van der Waals surface area (Å²) in [5, 5.41) is 20.2. The molecule has 2 aliphatic rings. The van der Waals surface area contributed by atoms with Gasteiger partial charge in [0.2, 0.25) is 17.7 Å². The number of carbonyl (C=O) groups excluding carboxylic acids is 3. The van der Waals surface area contributed by atoms with Gasteiger partial charge in [-0.15, -0.1) is 0 Å². The summed E-state index contributed by atoms with van der Waals surface area (Å²) in [5.41, 5.74) is 8.02. The van der Waals surface area contributed by atoms with E-state index < -0.39 is 41.7 Å². The van der Waals surface area contributed by atoms with Crippen LogP contribution >= 0.6 is 0 Å². The first-order chi connectivity index (χ1) is 19.2. The number of fused-ring (bicyclic) bond motifs is 2. The highest BCUT2D eigenvalue weighted by molar-refractivity contribution is 5.91. The van der Waals surface area contributed by atoms with E-state index in [1.165, 1.54) is 17.7 Å². The van der Waals surface area contributed by atoms with Crippen LogP contribution in [0.2, 0.25) is 0 Å². The van der Waals surface area contributed by atoms with E-state index in [1.807, 2.05) is 6.07 Å². The zero-order valence-corrected chi connectivity index (χ0v) is 22.9. The molecule has 1 fully saturated rings. The molecule has 1 saturated carbocycles. The Morgan fingerprint density at radius 1 is 1.20 bits per heavy atom. The van der Waals surface area contributed by atoms with Gasteiger partial charge in [0.1, 0.15) is 17.6 Å². The molecular formula is C30H39FN4O5. The summed E-state index contributed by atoms with van der Waals surface area (Å²) in [6.45, 7) is 2.55. The number of ether oxygens (including phenoxy) is 1. The third-order valence-corrected chi connectivity index (χ3v) is 7.59. The van der Waals surface area contributed by atoms with Crippen molar-refractivity contribution in [3.05, 3.63) is 65.0 Å². The predicted molar refractivity (Wildman–Crippen MR) is 148 cm³/mol. The number of nitrogens with two attached hydrogens (primary N) is 1. The molecule has 2 aromatic carbocycles. The quantitative estimate of drug-likeness (QED) is 0.338. The minimum Gasteiger partial charge on any atom is -0.493 e. The second kappa shape index (κ2) is 13.2. The summed E-state index contributed by atoms with van der Waals surface area (Å²) in [6.07, 6.45) is 2.55. The van der Waals surface area contributed by atoms with Crippen LogP contribution in [0, 0.1) is 5.82 Å². The van der Waals surface area contributed by atoms with Gasteiger partial charge in [0.25, 0.3) is 0 Å². The lowest BCUT2D eigenvalue weighted by Crippen LogP contribution is -2.56. The molecule has 3 amide bonds. The summed E-state index contributed by atoms with van der Waals surface area (Å²) in [5.74, 6) is -1.94. The standard InChI is InChI=1S/C30H39FN4O5/c1-2-19-6-5-7-21(12-19)30(9-10-30)33-18-26(36)24-15-20-13-22(31)16-23(14-20)40-11-4-3-8-28(38)34-25(17-27(32)37)29(39)35-24/h5-7,12-14,16,24-26,33,36H,2-4,8-11,15,17-18H2,1H3,(H2,32,37)(H,34,38)(H,35,39). The van der Waals surface area contributed by atoms with Crippen molar-refractivity contribution < 1.29 is 28.6 Å². The van der Waals surface area contributed by atoms with Crippen LogP contribution in [0.15, 0.2) is 42.5 Å². The van der Waals surface area contributed by atoms with E-state index in [0.29, 0.717) is 24.2 Å². The number of primary amides is 1. The molecule has 10 heteroatoms. The van der Waals surface area contributed by atoms with E-state index in [1.54, 1.807) is 6.07 Å². The van der Waals surface area contributed by atoms with Gasteiger partial charge in [-0.2, -0.15) is 0 Å². The SMILES string of the molecule is CCc1cccc(C2(NCC(O)C3Cc4cc(F)cc(c4)OCCCCC(=O)NC(CC(N)=O)C(=O)N3)CC2)c1. The highest BCUT2D eigenvalue weighted by Gasteiger charge is 2.44. The molecule has 4 rings (SSSR count). The van der Waals surface area contributed by atoms with Crippen molar-refractivity contribution in [2.24, 2.45) is 5.73 Å². The van der Waals surface area contributed by atoms with E-state index in [4.69, 9.17) is 10.5 Å². The van der Waals surface area contributed by atoms with Crippen molar-refractivity contribution in [3.63, 3.8) is 0 Å². The van der Waals surface area contributed by atoms with Crippen LogP contribution in [0.4, 0.5) is 4.39 Å². The lowest BCUT2D eigenvalue weighted by molar-refractivity contribution is -0.132. The van der Waals surface area contributed by atoms with Gasteiger partial charge in [-0.3, -0.25) is 14.4 Å². The van der Waals surface area contributed by atoms with Gasteiger partial charge in [-0.05, 0) is 67.3 Å². The molecule has 1 aliphatic heterocycles. The molecule has 0 spiro atoms. The molecule has 0 saturated heterocycles. The smallest absolute Gasteiger partial charge is 0.243 e. The summed E-state index contributed by atoms with van der Waals surface area (Å²) >= 11 is 0. The minimum absolute atomic E-state index is 0.0955. The maximum atomic E-state index is 14.5. The molecule has 2 bridgehead atoms. The average Bonchev–Trinajstić information content (AvgIpc) is 3.71. The van der Waals surface area contributed by atoms with Gasteiger partial charge in [0.05, 0.1) is 25.2 Å². The number of aryl methyl sites for hydroxylation is 1. The number of carbonyl (C=O) groups is 3. The minimum atomic E-state index is -1.19. The summed E-state index contributed by atoms with van der Waals surface area (Å²) in [6, 6.07) is 10.6. The molecule has 0 radical (unpaired) electrons. The first-order valence-corrected chi connectivity index (χ1v) is 14.0. The van der Waals surface area contributed by atoms with Crippen LogP contribution < -0.4 is 26.4 Å². The maximum absolute atomic E-state index is 14.5. The van der Waals surface area contributed by atoms with Crippen LogP contribution in [0.25, 0.3) is 0 Å². The Hall–Kier alpha value is -3.50. The van der Waals surface area contributed by atoms with E-state index in [2.05, 4.69) is 41.1 Å². The lowest BCUT2D eigenvalue weighted by Gasteiger charge is -2.29. The second-order valence-corrected chi connectivity index (χ2v) is 10.8. The van der Waals surface area contributed by atoms with Crippen molar-refractivity contribution in [2.75, 3.05) is 13.2 Å². The largest absolute Gasteiger partial charge is 0.493 e. The molecule has 9 nitrogen and oxygen atoms in total. The predicted octanol–water partition coefficient (Wildman–Crippen LogP) is 1.98. The number of benzene rings is 2. The molecule has 0 aromatic heterocycles. The topological polar surface area (TPSA) is 143 Å². The zero-order chi connectivity index (χ0) is 28.7. The molecule has 3 atom stereocenters. The monoisotopic (exact) mass is 554 g/mol. The zero-order valence-electron chi connectivity index (χ0n) is 22.9. The fraction of sp³-hybridized carbons (Fsp3) is 0.500. The molecular weight excluding hydrogens is 515 g/mol. The maximum Gasteiger partial charge on any atom is 0.243 e. The van der Waals surface area contributed by atoms with Crippen molar-refractivity contribution in [1.29, 1.82) is 0 Å². The van der Waals surface area contributed by atoms with Gasteiger partial charge in [0, 0.05) is 24.6 Å². The Balaban J connectivity index is 1.56. The molecule has 3 unspecified atom stereocenters. The second-order valence-electron chi connectivity index (χ2n) is 10.8. The third-order valence-electron chi connectivity index (χ3n) is 7.59. The molecule has 6 N–H and O–H groups in total. The highest BCUT2D eigenvalue weighted by atomic mass is 19.1. The van der Waals surface area contributed by atoms with Crippen LogP contribution in [0.3, 0.4) is 0 Å².